The van der Waals surface area contributed by atoms with Crippen molar-refractivity contribution in [2.75, 3.05) is 4.90 Å². The van der Waals surface area contributed by atoms with Gasteiger partial charge in [0, 0.05) is 38.8 Å². The Bertz CT molecular complexity index is 1860. The quantitative estimate of drug-likeness (QED) is 0.233. The van der Waals surface area contributed by atoms with Crippen LogP contribution in [-0.4, -0.2) is 16.8 Å². The molecular formula is C34H31BN2. The molecule has 0 N–H and O–H groups in total. The third kappa shape index (κ3) is 2.12. The van der Waals surface area contributed by atoms with Crippen LogP contribution in [0.2, 0.25) is 0 Å². The number of benzene rings is 4. The molecule has 2 unspecified atom stereocenters. The second kappa shape index (κ2) is 6.33. The summed E-state index contributed by atoms with van der Waals surface area (Å²) in [4.78, 5) is 2.83. The predicted molar refractivity (Wildman–Crippen MR) is 158 cm³/mol. The Morgan fingerprint density at radius 3 is 2.41 bits per heavy atom. The van der Waals surface area contributed by atoms with E-state index in [2.05, 4.69) is 104 Å². The Kier molecular flexibility index (Phi) is 3.52. The number of anilines is 2. The maximum absolute atomic E-state index is 2.83. The summed E-state index contributed by atoms with van der Waals surface area (Å²) < 4.78 is 2.59. The molecule has 1 saturated carbocycles. The van der Waals surface area contributed by atoms with Crippen LogP contribution in [0.15, 0.2) is 66.7 Å². The van der Waals surface area contributed by atoms with Crippen LogP contribution >= 0.6 is 0 Å². The van der Waals surface area contributed by atoms with Gasteiger partial charge in [-0.05, 0) is 79.3 Å². The second-order valence-electron chi connectivity index (χ2n) is 12.6. The van der Waals surface area contributed by atoms with Crippen LogP contribution in [0.5, 0.6) is 0 Å². The molecule has 180 valence electrons. The predicted octanol–water partition coefficient (Wildman–Crippen LogP) is 6.29. The molecule has 4 heterocycles. The van der Waals surface area contributed by atoms with E-state index in [1.165, 1.54) is 92.1 Å². The average molecular weight is 478 g/mol. The van der Waals surface area contributed by atoms with Crippen LogP contribution in [0.1, 0.15) is 56.2 Å². The van der Waals surface area contributed by atoms with Crippen LogP contribution in [0.4, 0.5) is 11.4 Å². The molecule has 4 aromatic carbocycles. The number of para-hydroxylation sites is 2. The van der Waals surface area contributed by atoms with Gasteiger partial charge >= 0.3 is 0 Å². The third-order valence-corrected chi connectivity index (χ3v) is 10.8. The van der Waals surface area contributed by atoms with Crippen molar-refractivity contribution >= 4 is 56.3 Å². The summed E-state index contributed by atoms with van der Waals surface area (Å²) in [6, 6.07) is 26.0. The number of hydrogen-bond acceptors (Lipinski definition) is 1. The molecule has 4 aliphatic rings. The highest BCUT2D eigenvalue weighted by molar-refractivity contribution is 7.00. The van der Waals surface area contributed by atoms with Crippen molar-refractivity contribution in [3.8, 4) is 5.69 Å². The molecule has 1 fully saturated rings. The first-order valence-corrected chi connectivity index (χ1v) is 14.0. The summed E-state index contributed by atoms with van der Waals surface area (Å²) in [6.07, 6.45) is 5.16. The standard InChI is InChI=1S/C34H31BN2/c1-20-16-24-32-26(17-20)35-25-12-9-11-23-22-10-5-6-13-27(22)36(31(23)25)28-18-21(2)19-29(30(28)35)37(32)34(4)15-8-7-14-33(24,34)3/h5-6,9-13,16-19H,7-8,14-15H2,1-4H3. The molecule has 2 nitrogen and oxygen atoms in total. The molecule has 37 heavy (non-hydrogen) atoms. The topological polar surface area (TPSA) is 8.17 Å². The summed E-state index contributed by atoms with van der Waals surface area (Å²) in [5, 5.41) is 2.73. The van der Waals surface area contributed by atoms with Crippen molar-refractivity contribution in [2.24, 2.45) is 0 Å². The zero-order chi connectivity index (χ0) is 24.8. The molecule has 0 spiro atoms. The van der Waals surface area contributed by atoms with Crippen LogP contribution in [0.3, 0.4) is 0 Å². The molecule has 2 atom stereocenters. The number of nitrogens with zero attached hydrogens (tertiary/aromatic N) is 2. The van der Waals surface area contributed by atoms with E-state index in [-0.39, 0.29) is 17.7 Å². The molecule has 5 aromatic rings. The molecule has 1 aromatic heterocycles. The maximum Gasteiger partial charge on any atom is 0.252 e. The summed E-state index contributed by atoms with van der Waals surface area (Å²) in [6.45, 7) is 10.0. The van der Waals surface area contributed by atoms with Gasteiger partial charge in [-0.3, -0.25) is 0 Å². The van der Waals surface area contributed by atoms with Gasteiger partial charge in [0.1, 0.15) is 0 Å². The number of rotatable bonds is 0. The fourth-order valence-corrected chi connectivity index (χ4v) is 9.04. The van der Waals surface area contributed by atoms with Crippen LogP contribution in [-0.2, 0) is 5.41 Å². The lowest BCUT2D eigenvalue weighted by molar-refractivity contribution is 0.195. The van der Waals surface area contributed by atoms with Crippen molar-refractivity contribution in [3.63, 3.8) is 0 Å². The fourth-order valence-electron chi connectivity index (χ4n) is 9.04. The number of aryl methyl sites for hydroxylation is 2. The Balaban J connectivity index is 1.51. The summed E-state index contributed by atoms with van der Waals surface area (Å²) >= 11 is 0. The summed E-state index contributed by atoms with van der Waals surface area (Å²) in [5.41, 5.74) is 16.2. The Labute approximate surface area is 219 Å². The van der Waals surface area contributed by atoms with Crippen molar-refractivity contribution in [3.05, 3.63) is 83.4 Å². The van der Waals surface area contributed by atoms with Gasteiger partial charge in [0.05, 0.1) is 11.1 Å². The fraction of sp³-hybridized carbons (Fsp3) is 0.294. The van der Waals surface area contributed by atoms with E-state index in [1.807, 2.05) is 0 Å². The summed E-state index contributed by atoms with van der Waals surface area (Å²) in [5.74, 6) is 0. The van der Waals surface area contributed by atoms with Crippen molar-refractivity contribution in [2.45, 2.75) is 64.3 Å². The molecule has 9 rings (SSSR count). The monoisotopic (exact) mass is 478 g/mol. The van der Waals surface area contributed by atoms with Gasteiger partial charge in [-0.1, -0.05) is 73.9 Å². The van der Waals surface area contributed by atoms with Gasteiger partial charge in [0.15, 0.2) is 0 Å². The number of aromatic nitrogens is 1. The average Bonchev–Trinajstić information content (AvgIpc) is 3.33. The Hall–Kier alpha value is -3.46. The van der Waals surface area contributed by atoms with E-state index in [0.717, 1.165) is 0 Å². The normalized spacial score (nSPS) is 24.4. The first kappa shape index (κ1) is 20.6. The van der Waals surface area contributed by atoms with Crippen LogP contribution in [0.25, 0.3) is 27.5 Å². The molecule has 0 amide bonds. The lowest BCUT2D eigenvalue weighted by Gasteiger charge is -2.52. The first-order valence-electron chi connectivity index (χ1n) is 14.0. The molecular weight excluding hydrogens is 447 g/mol. The minimum atomic E-state index is 0.0910. The molecule has 0 saturated heterocycles. The van der Waals surface area contributed by atoms with E-state index in [1.54, 1.807) is 5.56 Å². The molecule has 3 aliphatic heterocycles. The van der Waals surface area contributed by atoms with E-state index >= 15 is 0 Å². The van der Waals surface area contributed by atoms with E-state index < -0.39 is 0 Å². The Morgan fingerprint density at radius 2 is 1.51 bits per heavy atom. The molecule has 3 heteroatoms. The highest BCUT2D eigenvalue weighted by Gasteiger charge is 2.61. The van der Waals surface area contributed by atoms with E-state index in [0.29, 0.717) is 0 Å². The number of fused-ring (bicyclic) bond motifs is 10. The van der Waals surface area contributed by atoms with Gasteiger partial charge in [0.2, 0.25) is 0 Å². The van der Waals surface area contributed by atoms with Gasteiger partial charge < -0.3 is 9.47 Å². The minimum absolute atomic E-state index is 0.0910. The number of hydrogen-bond donors (Lipinski definition) is 0. The summed E-state index contributed by atoms with van der Waals surface area (Å²) in [7, 11) is 0. The molecule has 0 radical (unpaired) electrons. The maximum atomic E-state index is 2.83. The highest BCUT2D eigenvalue weighted by atomic mass is 15.3. The largest absolute Gasteiger partial charge is 0.335 e. The lowest BCUT2D eigenvalue weighted by Crippen LogP contribution is -2.64. The molecule has 0 bridgehead atoms. The minimum Gasteiger partial charge on any atom is -0.335 e. The van der Waals surface area contributed by atoms with E-state index in [9.17, 15) is 0 Å². The zero-order valence-corrected chi connectivity index (χ0v) is 22.2. The van der Waals surface area contributed by atoms with Gasteiger partial charge in [-0.15, -0.1) is 0 Å². The van der Waals surface area contributed by atoms with Gasteiger partial charge in [-0.2, -0.15) is 0 Å². The first-order chi connectivity index (χ1) is 17.9. The molecule has 1 aliphatic carbocycles. The van der Waals surface area contributed by atoms with Crippen molar-refractivity contribution < 1.29 is 0 Å². The van der Waals surface area contributed by atoms with Gasteiger partial charge in [-0.25, -0.2) is 0 Å². The van der Waals surface area contributed by atoms with E-state index in [4.69, 9.17) is 0 Å². The van der Waals surface area contributed by atoms with Crippen LogP contribution in [0, 0.1) is 13.8 Å². The highest BCUT2D eigenvalue weighted by Crippen LogP contribution is 2.61. The lowest BCUT2D eigenvalue weighted by atomic mass is 9.33. The third-order valence-electron chi connectivity index (χ3n) is 10.8. The van der Waals surface area contributed by atoms with Crippen molar-refractivity contribution in [1.82, 2.24) is 4.57 Å². The smallest absolute Gasteiger partial charge is 0.252 e. The second-order valence-corrected chi connectivity index (χ2v) is 12.6. The zero-order valence-electron chi connectivity index (χ0n) is 22.2. The van der Waals surface area contributed by atoms with Crippen molar-refractivity contribution in [1.29, 1.82) is 0 Å². The van der Waals surface area contributed by atoms with Crippen LogP contribution < -0.4 is 21.3 Å². The SMILES string of the molecule is Cc1cc2c3c(c1)-n1c4ccccc4c4cccc(c41)B3c1cc(C)cc3c1N2C1(C)CCCCC31C. The van der Waals surface area contributed by atoms with Gasteiger partial charge in [0.25, 0.3) is 6.71 Å². The Morgan fingerprint density at radius 1 is 0.757 bits per heavy atom.